The Kier molecular flexibility index (Phi) is 3.34. The number of urea groups is 1. The van der Waals surface area contributed by atoms with Crippen molar-refractivity contribution in [3.05, 3.63) is 0 Å². The predicted molar refractivity (Wildman–Crippen MR) is 60.0 cm³/mol. The summed E-state index contributed by atoms with van der Waals surface area (Å²) < 4.78 is 22.4. The number of carbonyl (C=O) groups is 1. The molecular formula is C9H17N3O3S. The van der Waals surface area contributed by atoms with E-state index in [2.05, 4.69) is 16.0 Å². The Morgan fingerprint density at radius 2 is 1.94 bits per heavy atom. The van der Waals surface area contributed by atoms with Crippen LogP contribution in [0.15, 0.2) is 0 Å². The first-order valence-corrected chi connectivity index (χ1v) is 7.35. The molecule has 7 heteroatoms. The number of carbonyl (C=O) groups excluding carboxylic acids is 1. The van der Waals surface area contributed by atoms with Gasteiger partial charge in [-0.25, -0.2) is 13.2 Å². The molecule has 0 aromatic heterocycles. The van der Waals surface area contributed by atoms with Crippen molar-refractivity contribution >= 4 is 15.9 Å². The maximum atomic E-state index is 11.5. The van der Waals surface area contributed by atoms with Crippen LogP contribution < -0.4 is 16.0 Å². The fourth-order valence-electron chi connectivity index (χ4n) is 2.10. The zero-order valence-electron chi connectivity index (χ0n) is 9.03. The van der Waals surface area contributed by atoms with E-state index in [0.29, 0.717) is 6.42 Å². The number of nitrogens with one attached hydrogen (secondary N) is 3. The molecule has 3 N–H and O–H groups in total. The Labute approximate surface area is 95.1 Å². The minimum absolute atomic E-state index is 0.0728. The minimum Gasteiger partial charge on any atom is -0.334 e. The monoisotopic (exact) mass is 247 g/mol. The van der Waals surface area contributed by atoms with E-state index in [1.807, 2.05) is 0 Å². The molecule has 0 radical (unpaired) electrons. The van der Waals surface area contributed by atoms with Gasteiger partial charge in [0.25, 0.3) is 0 Å². The molecule has 2 rings (SSSR count). The van der Waals surface area contributed by atoms with Gasteiger partial charge in [0, 0.05) is 18.6 Å². The molecule has 0 aliphatic carbocycles. The fraction of sp³-hybridized carbons (Fsp3) is 0.889. The highest BCUT2D eigenvalue weighted by molar-refractivity contribution is 7.91. The van der Waals surface area contributed by atoms with Crippen molar-refractivity contribution in [1.82, 2.24) is 16.0 Å². The van der Waals surface area contributed by atoms with Gasteiger partial charge in [0.2, 0.25) is 0 Å². The maximum absolute atomic E-state index is 11.5. The van der Waals surface area contributed by atoms with Gasteiger partial charge in [-0.2, -0.15) is 0 Å². The summed E-state index contributed by atoms with van der Waals surface area (Å²) in [4.78, 5) is 11.5. The van der Waals surface area contributed by atoms with E-state index in [0.717, 1.165) is 19.5 Å². The van der Waals surface area contributed by atoms with Gasteiger partial charge < -0.3 is 16.0 Å². The summed E-state index contributed by atoms with van der Waals surface area (Å²) in [5.74, 6) is 0.256. The molecule has 16 heavy (non-hydrogen) atoms. The summed E-state index contributed by atoms with van der Waals surface area (Å²) in [6.45, 7) is 1.71. The van der Waals surface area contributed by atoms with Crippen LogP contribution in [0.4, 0.5) is 4.79 Å². The lowest BCUT2D eigenvalue weighted by Gasteiger charge is -2.15. The van der Waals surface area contributed by atoms with Gasteiger partial charge in [0.15, 0.2) is 9.84 Å². The van der Waals surface area contributed by atoms with Crippen LogP contribution in [0.2, 0.25) is 0 Å². The Morgan fingerprint density at radius 3 is 2.50 bits per heavy atom. The molecular weight excluding hydrogens is 230 g/mol. The molecule has 2 atom stereocenters. The van der Waals surface area contributed by atoms with Crippen LogP contribution in [0.5, 0.6) is 0 Å². The van der Waals surface area contributed by atoms with Crippen molar-refractivity contribution in [2.75, 3.05) is 24.6 Å². The third kappa shape index (κ3) is 3.08. The normalized spacial score (nSPS) is 32.5. The second-order valence-corrected chi connectivity index (χ2v) is 6.64. The molecule has 0 aromatic carbocycles. The first-order chi connectivity index (χ1) is 7.55. The third-order valence-corrected chi connectivity index (χ3v) is 4.73. The van der Waals surface area contributed by atoms with E-state index in [4.69, 9.17) is 0 Å². The lowest BCUT2D eigenvalue weighted by Crippen LogP contribution is -2.47. The molecule has 0 saturated carbocycles. The van der Waals surface area contributed by atoms with Gasteiger partial charge in [-0.3, -0.25) is 0 Å². The van der Waals surface area contributed by atoms with Gasteiger partial charge in [-0.1, -0.05) is 0 Å². The highest BCUT2D eigenvalue weighted by Crippen LogP contribution is 2.11. The van der Waals surface area contributed by atoms with Crippen LogP contribution in [0.3, 0.4) is 0 Å². The van der Waals surface area contributed by atoms with Gasteiger partial charge in [-0.05, 0) is 19.4 Å². The van der Waals surface area contributed by atoms with Gasteiger partial charge in [0.05, 0.1) is 11.5 Å². The molecule has 2 heterocycles. The summed E-state index contributed by atoms with van der Waals surface area (Å²) in [6.07, 6.45) is 1.45. The van der Waals surface area contributed by atoms with Crippen LogP contribution in [-0.4, -0.2) is 51.1 Å². The fourth-order valence-corrected chi connectivity index (χ4v) is 3.77. The Morgan fingerprint density at radius 1 is 1.19 bits per heavy atom. The Hall–Kier alpha value is -0.820. The average Bonchev–Trinajstić information content (AvgIpc) is 2.76. The second-order valence-electron chi connectivity index (χ2n) is 4.41. The van der Waals surface area contributed by atoms with Crippen LogP contribution in [0, 0.1) is 0 Å². The standard InChI is InChI=1S/C9H17N3O3S/c13-9(11-7-1-3-10-5-7)12-8-2-4-16(14,15)6-8/h7-8,10H,1-6H2,(H2,11,12,13). The largest absolute Gasteiger partial charge is 0.334 e. The molecule has 2 fully saturated rings. The van der Waals surface area contributed by atoms with Crippen molar-refractivity contribution in [1.29, 1.82) is 0 Å². The number of hydrogen-bond acceptors (Lipinski definition) is 4. The highest BCUT2D eigenvalue weighted by Gasteiger charge is 2.29. The van der Waals surface area contributed by atoms with E-state index in [1.54, 1.807) is 0 Å². The second kappa shape index (κ2) is 4.58. The number of amides is 2. The summed E-state index contributed by atoms with van der Waals surface area (Å²) >= 11 is 0. The number of rotatable bonds is 2. The molecule has 0 spiro atoms. The van der Waals surface area contributed by atoms with E-state index >= 15 is 0 Å². The highest BCUT2D eigenvalue weighted by atomic mass is 32.2. The lowest BCUT2D eigenvalue weighted by molar-refractivity contribution is 0.235. The summed E-state index contributed by atoms with van der Waals surface area (Å²) in [5, 5.41) is 8.68. The lowest BCUT2D eigenvalue weighted by atomic mass is 10.2. The summed E-state index contributed by atoms with van der Waals surface area (Å²) in [7, 11) is -2.92. The minimum atomic E-state index is -2.92. The number of hydrogen-bond donors (Lipinski definition) is 3. The average molecular weight is 247 g/mol. The zero-order valence-corrected chi connectivity index (χ0v) is 9.85. The molecule has 0 bridgehead atoms. The van der Waals surface area contributed by atoms with Gasteiger partial charge >= 0.3 is 6.03 Å². The topological polar surface area (TPSA) is 87.3 Å². The SMILES string of the molecule is O=C(NC1CCNC1)NC1CCS(=O)(=O)C1. The van der Waals surface area contributed by atoms with Crippen molar-refractivity contribution in [3.63, 3.8) is 0 Å². The van der Waals surface area contributed by atoms with Crippen LogP contribution in [-0.2, 0) is 9.84 Å². The van der Waals surface area contributed by atoms with Gasteiger partial charge in [0.1, 0.15) is 0 Å². The van der Waals surface area contributed by atoms with Crippen LogP contribution in [0.1, 0.15) is 12.8 Å². The quantitative estimate of drug-likeness (QED) is 0.574. The maximum Gasteiger partial charge on any atom is 0.315 e. The van der Waals surface area contributed by atoms with Crippen molar-refractivity contribution in [3.8, 4) is 0 Å². The molecule has 2 amide bonds. The Bertz CT molecular complexity index is 362. The molecule has 2 aliphatic heterocycles. The van der Waals surface area contributed by atoms with E-state index in [9.17, 15) is 13.2 Å². The molecule has 0 aromatic rings. The van der Waals surface area contributed by atoms with Gasteiger partial charge in [-0.15, -0.1) is 0 Å². The van der Waals surface area contributed by atoms with E-state index in [1.165, 1.54) is 0 Å². The molecule has 6 nitrogen and oxygen atoms in total. The smallest absolute Gasteiger partial charge is 0.315 e. The molecule has 92 valence electrons. The van der Waals surface area contributed by atoms with Crippen LogP contribution >= 0.6 is 0 Å². The summed E-state index contributed by atoms with van der Waals surface area (Å²) in [6, 6.07) is -0.312. The van der Waals surface area contributed by atoms with Crippen LogP contribution in [0.25, 0.3) is 0 Å². The summed E-state index contributed by atoms with van der Waals surface area (Å²) in [5.41, 5.74) is 0. The Balaban J connectivity index is 1.75. The van der Waals surface area contributed by atoms with Crippen molar-refractivity contribution in [2.24, 2.45) is 0 Å². The third-order valence-electron chi connectivity index (χ3n) is 2.96. The zero-order chi connectivity index (χ0) is 11.6. The van der Waals surface area contributed by atoms with E-state index < -0.39 is 9.84 Å². The predicted octanol–water partition coefficient (Wildman–Crippen LogP) is -1.17. The number of sulfone groups is 1. The molecule has 2 aliphatic rings. The molecule has 2 unspecified atom stereocenters. The molecule has 2 saturated heterocycles. The first-order valence-electron chi connectivity index (χ1n) is 5.53. The van der Waals surface area contributed by atoms with E-state index in [-0.39, 0.29) is 29.6 Å². The first kappa shape index (κ1) is 11.7. The van der Waals surface area contributed by atoms with Crippen molar-refractivity contribution < 1.29 is 13.2 Å². The van der Waals surface area contributed by atoms with Crippen molar-refractivity contribution in [2.45, 2.75) is 24.9 Å².